The molecule has 1 N–H and O–H groups in total. The second kappa shape index (κ2) is 9.89. The molecule has 28 heavy (non-hydrogen) atoms. The van der Waals surface area contributed by atoms with Crippen molar-refractivity contribution in [3.63, 3.8) is 0 Å². The first-order valence-electron chi connectivity index (χ1n) is 9.64. The number of piperidine rings is 1. The van der Waals surface area contributed by atoms with E-state index in [1.165, 1.54) is 5.56 Å². The molecule has 6 nitrogen and oxygen atoms in total. The van der Waals surface area contributed by atoms with Crippen molar-refractivity contribution in [1.82, 2.24) is 14.9 Å². The molecule has 0 saturated carbocycles. The summed E-state index contributed by atoms with van der Waals surface area (Å²) in [5, 5.41) is 3.19. The van der Waals surface area contributed by atoms with Crippen LogP contribution < -0.4 is 14.8 Å². The van der Waals surface area contributed by atoms with E-state index in [-0.39, 0.29) is 17.1 Å². The van der Waals surface area contributed by atoms with E-state index in [0.29, 0.717) is 13.2 Å². The molecule has 1 aromatic carbocycles. The quantitative estimate of drug-likeness (QED) is 0.662. The van der Waals surface area contributed by atoms with Crippen molar-refractivity contribution >= 4 is 17.4 Å². The first-order valence-corrected chi connectivity index (χ1v) is 10.0. The molecular weight excluding hydrogens is 383 g/mol. The monoisotopic (exact) mass is 408 g/mol. The Labute approximate surface area is 170 Å². The fourth-order valence-corrected chi connectivity index (χ4v) is 3.46. The van der Waals surface area contributed by atoms with Crippen LogP contribution >= 0.6 is 11.6 Å². The molecule has 0 radical (unpaired) electrons. The summed E-state index contributed by atoms with van der Waals surface area (Å²) in [5.74, 6) is 1.26. The summed E-state index contributed by atoms with van der Waals surface area (Å²) < 4.78 is 25.1. The van der Waals surface area contributed by atoms with Crippen molar-refractivity contribution in [2.75, 3.05) is 31.6 Å². The van der Waals surface area contributed by atoms with Crippen molar-refractivity contribution in [2.24, 2.45) is 0 Å². The summed E-state index contributed by atoms with van der Waals surface area (Å²) in [6, 6.07) is 6.27. The summed E-state index contributed by atoms with van der Waals surface area (Å²) in [7, 11) is 0. The Morgan fingerprint density at radius 1 is 1.18 bits per heavy atom. The Morgan fingerprint density at radius 3 is 2.61 bits per heavy atom. The molecule has 0 bridgehead atoms. The zero-order chi connectivity index (χ0) is 19.9. The Hall–Kier alpha value is -2.12. The average molecular weight is 409 g/mol. The van der Waals surface area contributed by atoms with Crippen LogP contribution in [0.4, 0.5) is 10.2 Å². The van der Waals surface area contributed by atoms with Crippen molar-refractivity contribution in [3.8, 4) is 11.5 Å². The van der Waals surface area contributed by atoms with Gasteiger partial charge in [0.1, 0.15) is 0 Å². The van der Waals surface area contributed by atoms with Crippen molar-refractivity contribution in [3.05, 3.63) is 41.1 Å². The van der Waals surface area contributed by atoms with E-state index in [0.717, 1.165) is 50.2 Å². The Balaban J connectivity index is 1.55. The largest absolute Gasteiger partial charge is 0.490 e. The molecular formula is C20H26ClFN4O2. The second-order valence-electron chi connectivity index (χ2n) is 6.68. The fraction of sp³-hybridized carbons (Fsp3) is 0.500. The number of benzene rings is 1. The topological polar surface area (TPSA) is 59.5 Å². The van der Waals surface area contributed by atoms with E-state index in [2.05, 4.69) is 32.3 Å². The molecule has 0 unspecified atom stereocenters. The molecule has 0 aliphatic carbocycles. The third-order valence-electron chi connectivity index (χ3n) is 4.66. The normalized spacial score (nSPS) is 15.4. The number of aromatic nitrogens is 2. The lowest BCUT2D eigenvalue weighted by Gasteiger charge is -2.32. The van der Waals surface area contributed by atoms with Crippen LogP contribution in [0.3, 0.4) is 0 Å². The zero-order valence-corrected chi connectivity index (χ0v) is 17.0. The Morgan fingerprint density at radius 2 is 1.89 bits per heavy atom. The van der Waals surface area contributed by atoms with Gasteiger partial charge in [0, 0.05) is 25.7 Å². The second-order valence-corrected chi connectivity index (χ2v) is 7.02. The molecule has 1 aromatic heterocycles. The van der Waals surface area contributed by atoms with E-state index in [4.69, 9.17) is 21.1 Å². The van der Waals surface area contributed by atoms with Crippen molar-refractivity contribution in [1.29, 1.82) is 0 Å². The van der Waals surface area contributed by atoms with Gasteiger partial charge in [-0.2, -0.15) is 4.98 Å². The molecule has 8 heteroatoms. The van der Waals surface area contributed by atoms with E-state index >= 15 is 0 Å². The molecule has 3 rings (SSSR count). The highest BCUT2D eigenvalue weighted by molar-refractivity contribution is 6.28. The van der Waals surface area contributed by atoms with Crippen LogP contribution in [0.25, 0.3) is 0 Å². The minimum atomic E-state index is -0.482. The number of halogens is 2. The van der Waals surface area contributed by atoms with E-state index < -0.39 is 5.82 Å². The van der Waals surface area contributed by atoms with Gasteiger partial charge in [0.25, 0.3) is 0 Å². The van der Waals surface area contributed by atoms with Gasteiger partial charge in [-0.25, -0.2) is 9.37 Å². The number of nitrogens with zero attached hydrogens (tertiary/aromatic N) is 3. The number of ether oxygens (including phenoxy) is 2. The Bertz CT molecular complexity index is 785. The highest BCUT2D eigenvalue weighted by Crippen LogP contribution is 2.29. The summed E-state index contributed by atoms with van der Waals surface area (Å²) in [6.07, 6.45) is 2.89. The van der Waals surface area contributed by atoms with E-state index in [9.17, 15) is 4.39 Å². The standard InChI is InChI=1S/C20H26ClFN4O2/c1-3-27-17-6-5-14(11-18(17)28-4-2)13-26-9-7-15(8-10-26)24-19-16(22)12-23-20(21)25-19/h5-6,11-12,15H,3-4,7-10,13H2,1-2H3,(H,23,24,25). The summed E-state index contributed by atoms with van der Waals surface area (Å²) in [4.78, 5) is 9.96. The summed E-state index contributed by atoms with van der Waals surface area (Å²) in [6.45, 7) is 7.80. The first kappa shape index (κ1) is 20.6. The molecule has 0 atom stereocenters. The Kier molecular flexibility index (Phi) is 7.28. The van der Waals surface area contributed by atoms with Crippen LogP contribution in [-0.4, -0.2) is 47.2 Å². The minimum absolute atomic E-state index is 0.0435. The smallest absolute Gasteiger partial charge is 0.224 e. The van der Waals surface area contributed by atoms with Gasteiger partial charge in [0.2, 0.25) is 5.28 Å². The molecule has 1 saturated heterocycles. The molecule has 152 valence electrons. The summed E-state index contributed by atoms with van der Waals surface area (Å²) in [5.41, 5.74) is 1.19. The van der Waals surface area contributed by atoms with Gasteiger partial charge in [-0.3, -0.25) is 4.90 Å². The molecule has 2 heterocycles. The van der Waals surface area contributed by atoms with Crippen LogP contribution in [0.2, 0.25) is 5.28 Å². The molecule has 2 aromatic rings. The number of rotatable bonds is 8. The van der Waals surface area contributed by atoms with Gasteiger partial charge in [-0.1, -0.05) is 6.07 Å². The van der Waals surface area contributed by atoms with E-state index in [1.807, 2.05) is 19.9 Å². The minimum Gasteiger partial charge on any atom is -0.490 e. The van der Waals surface area contributed by atoms with Crippen LogP contribution in [0.15, 0.2) is 24.4 Å². The molecule has 0 amide bonds. The third kappa shape index (κ3) is 5.45. The van der Waals surface area contributed by atoms with Gasteiger partial charge < -0.3 is 14.8 Å². The number of hydrogen-bond acceptors (Lipinski definition) is 6. The van der Waals surface area contributed by atoms with Crippen molar-refractivity contribution in [2.45, 2.75) is 39.3 Å². The van der Waals surface area contributed by atoms with Crippen LogP contribution in [0, 0.1) is 5.82 Å². The maximum Gasteiger partial charge on any atom is 0.224 e. The van der Waals surface area contributed by atoms with Gasteiger partial charge >= 0.3 is 0 Å². The highest BCUT2D eigenvalue weighted by Gasteiger charge is 2.21. The molecule has 1 fully saturated rings. The number of anilines is 1. The zero-order valence-electron chi connectivity index (χ0n) is 16.3. The third-order valence-corrected chi connectivity index (χ3v) is 4.84. The lowest BCUT2D eigenvalue weighted by atomic mass is 10.0. The molecule has 1 aliphatic rings. The first-order chi connectivity index (χ1) is 13.6. The van der Waals surface area contributed by atoms with Crippen LogP contribution in [-0.2, 0) is 6.54 Å². The number of hydrogen-bond donors (Lipinski definition) is 1. The van der Waals surface area contributed by atoms with Crippen LogP contribution in [0.5, 0.6) is 11.5 Å². The molecule has 1 aliphatic heterocycles. The van der Waals surface area contributed by atoms with Gasteiger partial charge in [-0.15, -0.1) is 0 Å². The van der Waals surface area contributed by atoms with Crippen LogP contribution in [0.1, 0.15) is 32.3 Å². The predicted octanol–water partition coefficient (Wildman–Crippen LogP) is 4.14. The van der Waals surface area contributed by atoms with E-state index in [1.54, 1.807) is 0 Å². The fourth-order valence-electron chi connectivity index (χ4n) is 3.33. The predicted molar refractivity (Wildman–Crippen MR) is 108 cm³/mol. The summed E-state index contributed by atoms with van der Waals surface area (Å²) >= 11 is 5.76. The number of nitrogens with one attached hydrogen (secondary N) is 1. The highest BCUT2D eigenvalue weighted by atomic mass is 35.5. The van der Waals surface area contributed by atoms with Gasteiger partial charge in [0.15, 0.2) is 23.1 Å². The van der Waals surface area contributed by atoms with Gasteiger partial charge in [0.05, 0.1) is 19.4 Å². The lowest BCUT2D eigenvalue weighted by molar-refractivity contribution is 0.210. The maximum absolute atomic E-state index is 13.8. The maximum atomic E-state index is 13.8. The number of likely N-dealkylation sites (tertiary alicyclic amines) is 1. The van der Waals surface area contributed by atoms with Crippen molar-refractivity contribution < 1.29 is 13.9 Å². The van der Waals surface area contributed by atoms with Gasteiger partial charge in [-0.05, 0) is 56.0 Å². The lowest BCUT2D eigenvalue weighted by Crippen LogP contribution is -2.39. The average Bonchev–Trinajstić information content (AvgIpc) is 2.69. The molecule has 0 spiro atoms. The SMILES string of the molecule is CCOc1ccc(CN2CCC(Nc3nc(Cl)ncc3F)CC2)cc1OCC.